The lowest BCUT2D eigenvalue weighted by molar-refractivity contribution is 0.669. The van der Waals surface area contributed by atoms with Crippen LogP contribution in [0.5, 0.6) is 0 Å². The molecule has 0 saturated carbocycles. The van der Waals surface area contributed by atoms with Crippen molar-refractivity contribution < 1.29 is 8.83 Å². The van der Waals surface area contributed by atoms with Gasteiger partial charge >= 0.3 is 0 Å². The maximum Gasteiger partial charge on any atom is 0.161 e. The zero-order valence-electron chi connectivity index (χ0n) is 31.8. The van der Waals surface area contributed by atoms with Gasteiger partial charge in [-0.1, -0.05) is 146 Å². The van der Waals surface area contributed by atoms with Crippen LogP contribution in [0.25, 0.3) is 122 Å². The van der Waals surface area contributed by atoms with Crippen molar-refractivity contribution in [1.29, 1.82) is 0 Å². The molecular weight excluding hydrogens is 725 g/mol. The van der Waals surface area contributed by atoms with Gasteiger partial charge in [0.2, 0.25) is 0 Å². The molecule has 4 heterocycles. The second-order valence-electron chi connectivity index (χ2n) is 14.9. The summed E-state index contributed by atoms with van der Waals surface area (Å²) in [5.41, 5.74) is 13.4. The molecule has 0 N–H and O–H groups in total. The maximum atomic E-state index is 6.95. The quantitative estimate of drug-likeness (QED) is 0.174. The predicted octanol–water partition coefficient (Wildman–Crippen LogP) is 14.0. The van der Waals surface area contributed by atoms with Gasteiger partial charge in [0, 0.05) is 65.7 Å². The van der Waals surface area contributed by atoms with Crippen molar-refractivity contribution in [3.8, 4) is 56.4 Å². The molecule has 12 aromatic rings. The molecule has 6 heteroatoms. The van der Waals surface area contributed by atoms with E-state index < -0.39 is 0 Å². The topological polar surface area (TPSA) is 77.8 Å². The first kappa shape index (κ1) is 33.2. The highest BCUT2D eigenvalue weighted by Gasteiger charge is 2.25. The van der Waals surface area contributed by atoms with Gasteiger partial charge in [0.25, 0.3) is 0 Å². The third-order valence-corrected chi connectivity index (χ3v) is 11.4. The molecule has 12 rings (SSSR count). The van der Waals surface area contributed by atoms with Crippen molar-refractivity contribution in [3.05, 3.63) is 181 Å². The van der Waals surface area contributed by atoms with Gasteiger partial charge in [0.05, 0.1) is 22.4 Å². The van der Waals surface area contributed by atoms with Crippen molar-refractivity contribution in [2.75, 3.05) is 0 Å². The van der Waals surface area contributed by atoms with Crippen LogP contribution in [0.15, 0.2) is 185 Å². The largest absolute Gasteiger partial charge is 0.456 e. The molecule has 0 aliphatic rings. The summed E-state index contributed by atoms with van der Waals surface area (Å²) in [6.07, 6.45) is 0. The van der Waals surface area contributed by atoms with Crippen molar-refractivity contribution in [2.45, 2.75) is 6.92 Å². The minimum absolute atomic E-state index is 0.637. The lowest BCUT2D eigenvalue weighted by Crippen LogP contribution is -1.99. The summed E-state index contributed by atoms with van der Waals surface area (Å²) in [5, 5.41) is 5.96. The van der Waals surface area contributed by atoms with Crippen LogP contribution < -0.4 is 0 Å². The van der Waals surface area contributed by atoms with E-state index in [1.54, 1.807) is 0 Å². The van der Waals surface area contributed by atoms with Crippen molar-refractivity contribution >= 4 is 65.7 Å². The summed E-state index contributed by atoms with van der Waals surface area (Å²) < 4.78 is 13.3. The molecule has 0 fully saturated rings. The summed E-state index contributed by atoms with van der Waals surface area (Å²) in [6, 6.07) is 59.9. The van der Waals surface area contributed by atoms with Crippen molar-refractivity contribution in [2.24, 2.45) is 0 Å². The fraction of sp³-hybridized carbons (Fsp3) is 0.0189. The standard InChI is InChI=1S/C53H32N4O2/c1-31-30-40(53-54-41-26-11-8-20-34(41)48(55-53)32-16-4-2-5-17-32)47-36-22-10-13-28-43(36)59-51(47)45(31)37-23-14-25-39-49(37)56-52(33-18-6-3-7-19-33)57-50(39)38-24-15-29-44-46(38)35-21-9-12-27-42(35)58-44/h2-30H,1H3. The Bertz CT molecular complexity index is 3630. The van der Waals surface area contributed by atoms with Crippen LogP contribution in [0, 0.1) is 6.92 Å². The van der Waals surface area contributed by atoms with E-state index in [0.717, 1.165) is 116 Å². The van der Waals surface area contributed by atoms with Crippen LogP contribution in [0.4, 0.5) is 0 Å². The predicted molar refractivity (Wildman–Crippen MR) is 239 cm³/mol. The summed E-state index contributed by atoms with van der Waals surface area (Å²) in [5.74, 6) is 1.28. The molecule has 0 amide bonds. The molecule has 0 spiro atoms. The Morgan fingerprint density at radius 3 is 1.78 bits per heavy atom. The smallest absolute Gasteiger partial charge is 0.161 e. The highest BCUT2D eigenvalue weighted by Crippen LogP contribution is 2.47. The maximum absolute atomic E-state index is 6.95. The third kappa shape index (κ3) is 5.20. The van der Waals surface area contributed by atoms with Gasteiger partial charge < -0.3 is 8.83 Å². The number of rotatable bonds is 5. The number of nitrogens with zero attached hydrogens (tertiary/aromatic N) is 4. The van der Waals surface area contributed by atoms with E-state index in [-0.39, 0.29) is 0 Å². The third-order valence-electron chi connectivity index (χ3n) is 11.4. The first-order valence-electron chi connectivity index (χ1n) is 19.7. The van der Waals surface area contributed by atoms with Crippen LogP contribution in [0.2, 0.25) is 0 Å². The van der Waals surface area contributed by atoms with E-state index >= 15 is 0 Å². The monoisotopic (exact) mass is 756 g/mol. The number of hydrogen-bond donors (Lipinski definition) is 0. The second kappa shape index (κ2) is 13.0. The molecular formula is C53H32N4O2. The summed E-state index contributed by atoms with van der Waals surface area (Å²) in [7, 11) is 0. The lowest BCUT2D eigenvalue weighted by atomic mass is 9.91. The fourth-order valence-corrected chi connectivity index (χ4v) is 8.80. The van der Waals surface area contributed by atoms with Gasteiger partial charge in [0.1, 0.15) is 22.3 Å². The average molecular weight is 757 g/mol. The molecule has 0 atom stereocenters. The number of aromatic nitrogens is 4. The number of para-hydroxylation sites is 4. The van der Waals surface area contributed by atoms with Gasteiger partial charge in [0.15, 0.2) is 11.6 Å². The fourth-order valence-electron chi connectivity index (χ4n) is 8.80. The lowest BCUT2D eigenvalue weighted by Gasteiger charge is -2.16. The van der Waals surface area contributed by atoms with Gasteiger partial charge in [-0.15, -0.1) is 0 Å². The summed E-state index contributed by atoms with van der Waals surface area (Å²) >= 11 is 0. The van der Waals surface area contributed by atoms with Crippen LogP contribution in [0.1, 0.15) is 5.56 Å². The second-order valence-corrected chi connectivity index (χ2v) is 14.9. The number of hydrogen-bond acceptors (Lipinski definition) is 6. The molecule has 276 valence electrons. The molecule has 0 radical (unpaired) electrons. The molecule has 59 heavy (non-hydrogen) atoms. The Morgan fingerprint density at radius 1 is 0.390 bits per heavy atom. The molecule has 0 saturated heterocycles. The van der Waals surface area contributed by atoms with Crippen molar-refractivity contribution in [3.63, 3.8) is 0 Å². The zero-order valence-corrected chi connectivity index (χ0v) is 31.8. The SMILES string of the molecule is Cc1cc(-c2nc(-c3ccccc3)c3ccccc3n2)c2c(oc3ccccc32)c1-c1cccc2c(-c3cccc4oc5ccccc5c34)nc(-c3ccccc3)nc12. The molecule has 0 unspecified atom stereocenters. The van der Waals surface area contributed by atoms with E-state index in [1.807, 2.05) is 84.9 Å². The first-order valence-corrected chi connectivity index (χ1v) is 19.7. The van der Waals surface area contributed by atoms with Gasteiger partial charge in [-0.3, -0.25) is 0 Å². The van der Waals surface area contributed by atoms with Crippen LogP contribution in [-0.2, 0) is 0 Å². The van der Waals surface area contributed by atoms with E-state index in [1.165, 1.54) is 0 Å². The average Bonchev–Trinajstić information content (AvgIpc) is 3.88. The van der Waals surface area contributed by atoms with Crippen LogP contribution >= 0.6 is 0 Å². The van der Waals surface area contributed by atoms with Crippen molar-refractivity contribution in [1.82, 2.24) is 19.9 Å². The van der Waals surface area contributed by atoms with E-state index in [0.29, 0.717) is 11.6 Å². The Morgan fingerprint density at radius 2 is 0.983 bits per heavy atom. The molecule has 6 nitrogen and oxygen atoms in total. The Balaban J connectivity index is 1.17. The number of fused-ring (bicyclic) bond motifs is 8. The van der Waals surface area contributed by atoms with Crippen LogP contribution in [0.3, 0.4) is 0 Å². The summed E-state index contributed by atoms with van der Waals surface area (Å²) in [4.78, 5) is 21.3. The highest BCUT2D eigenvalue weighted by molar-refractivity contribution is 6.20. The van der Waals surface area contributed by atoms with Gasteiger partial charge in [-0.2, -0.15) is 0 Å². The summed E-state index contributed by atoms with van der Waals surface area (Å²) in [6.45, 7) is 2.14. The Kier molecular flexibility index (Phi) is 7.34. The Labute approximate surface area is 338 Å². The van der Waals surface area contributed by atoms with Gasteiger partial charge in [-0.25, -0.2) is 19.9 Å². The molecule has 8 aromatic carbocycles. The Hall–Kier alpha value is -7.96. The van der Waals surface area contributed by atoms with E-state index in [2.05, 4.69) is 97.9 Å². The number of benzene rings is 8. The van der Waals surface area contributed by atoms with E-state index in [9.17, 15) is 0 Å². The first-order chi connectivity index (χ1) is 29.2. The minimum atomic E-state index is 0.637. The zero-order chi connectivity index (χ0) is 39.0. The molecule has 4 aromatic heterocycles. The van der Waals surface area contributed by atoms with Crippen LogP contribution in [-0.4, -0.2) is 19.9 Å². The van der Waals surface area contributed by atoms with Gasteiger partial charge in [-0.05, 0) is 42.8 Å². The normalized spacial score (nSPS) is 11.8. The highest BCUT2D eigenvalue weighted by atomic mass is 16.3. The van der Waals surface area contributed by atoms with E-state index in [4.69, 9.17) is 28.8 Å². The number of furan rings is 2. The number of aryl methyl sites for hydroxylation is 1. The molecule has 0 aliphatic carbocycles. The minimum Gasteiger partial charge on any atom is -0.456 e. The molecule has 0 bridgehead atoms. The molecule has 0 aliphatic heterocycles.